The number of nitrogens with zero attached hydrogens (tertiary/aromatic N) is 2. The van der Waals surface area contributed by atoms with E-state index in [0.717, 1.165) is 38.4 Å². The first-order chi connectivity index (χ1) is 15.2. The number of amides is 1. The number of thioether (sulfide) groups is 1. The highest BCUT2D eigenvalue weighted by Crippen LogP contribution is 2.54. The largest absolute Gasteiger partial charge is 0.496 e. The number of ether oxygens (including phenoxy) is 1. The summed E-state index contributed by atoms with van der Waals surface area (Å²) in [6.45, 7) is 6.74. The smallest absolute Gasteiger partial charge is 0.240 e. The van der Waals surface area contributed by atoms with Crippen LogP contribution >= 0.6 is 23.8 Å². The maximum atomic E-state index is 13.7. The normalized spacial score (nSPS) is 14.9. The van der Waals surface area contributed by atoms with Crippen LogP contribution in [-0.4, -0.2) is 48.4 Å². The maximum absolute atomic E-state index is 13.7. The van der Waals surface area contributed by atoms with E-state index in [9.17, 15) is 4.79 Å². The third kappa shape index (κ3) is 3.83. The molecule has 3 aromatic rings. The molecular formula is C24H28N2O3S2. The number of carbonyl (C=O) groups excluding carboxylic acids is 1. The van der Waals surface area contributed by atoms with Crippen LogP contribution in [0.15, 0.2) is 47.4 Å². The lowest BCUT2D eigenvalue weighted by atomic mass is 10.00. The molecular weight excluding hydrogens is 428 g/mol. The van der Waals surface area contributed by atoms with E-state index in [-0.39, 0.29) is 11.2 Å². The number of likely N-dealkylation sites (N-methyl/N-ethyl adjacent to an activating group) is 1. The van der Waals surface area contributed by atoms with Crippen molar-refractivity contribution in [3.8, 4) is 17.0 Å². The average Bonchev–Trinajstić information content (AvgIpc) is 3.14. The molecule has 1 aliphatic heterocycles. The summed E-state index contributed by atoms with van der Waals surface area (Å²) in [5, 5.41) is 0.711. The van der Waals surface area contributed by atoms with E-state index < -0.39 is 0 Å². The lowest BCUT2D eigenvalue weighted by Crippen LogP contribution is -2.34. The number of hydrogen-bond donors (Lipinski definition) is 0. The van der Waals surface area contributed by atoms with Gasteiger partial charge in [0.05, 0.1) is 24.9 Å². The number of rotatable bonds is 8. The third-order valence-electron chi connectivity index (χ3n) is 5.77. The Bertz CT molecular complexity index is 1090. The van der Waals surface area contributed by atoms with Crippen molar-refractivity contribution >= 4 is 40.6 Å². The molecule has 2 heterocycles. The Morgan fingerprint density at radius 2 is 1.94 bits per heavy atom. The minimum absolute atomic E-state index is 0.149. The Kier molecular flexibility index (Phi) is 6.84. The Morgan fingerprint density at radius 3 is 2.65 bits per heavy atom. The number of aromatic nitrogens is 1. The van der Waals surface area contributed by atoms with Gasteiger partial charge in [-0.15, -0.1) is 11.8 Å². The predicted molar refractivity (Wildman–Crippen MR) is 130 cm³/mol. The summed E-state index contributed by atoms with van der Waals surface area (Å²) in [5.41, 5.74) is 4.39. The minimum atomic E-state index is -0.314. The van der Waals surface area contributed by atoms with Gasteiger partial charge in [-0.25, -0.2) is 0 Å². The molecule has 164 valence electrons. The Labute approximate surface area is 192 Å². The van der Waals surface area contributed by atoms with Crippen LogP contribution in [0.25, 0.3) is 22.2 Å². The second-order valence-corrected chi connectivity index (χ2v) is 8.98. The zero-order chi connectivity index (χ0) is 22.0. The first-order valence-electron chi connectivity index (χ1n) is 10.6. The van der Waals surface area contributed by atoms with Gasteiger partial charge < -0.3 is 18.4 Å². The van der Waals surface area contributed by atoms with Crippen molar-refractivity contribution in [2.24, 2.45) is 0 Å². The molecule has 0 fully saturated rings. The van der Waals surface area contributed by atoms with Crippen molar-refractivity contribution in [3.63, 3.8) is 0 Å². The molecule has 4 rings (SSSR count). The second kappa shape index (κ2) is 9.59. The number of fused-ring (bicyclic) bond motifs is 5. The Hall–Kier alpha value is -2.09. The summed E-state index contributed by atoms with van der Waals surface area (Å²) in [4.78, 5) is 16.7. The van der Waals surface area contributed by atoms with Crippen LogP contribution in [0.4, 0.5) is 0 Å². The molecule has 7 heteroatoms. The van der Waals surface area contributed by atoms with Crippen LogP contribution in [-0.2, 0) is 15.5 Å². The summed E-state index contributed by atoms with van der Waals surface area (Å²) >= 11 is 3.02. The molecule has 0 spiro atoms. The molecule has 0 saturated carbocycles. The van der Waals surface area contributed by atoms with Crippen LogP contribution in [0.1, 0.15) is 24.7 Å². The molecule has 1 unspecified atom stereocenters. The summed E-state index contributed by atoms with van der Waals surface area (Å²) in [7, 11) is 1.69. The zero-order valence-electron chi connectivity index (χ0n) is 18.4. The summed E-state index contributed by atoms with van der Waals surface area (Å²) < 4.78 is 13.7. The molecule has 31 heavy (non-hydrogen) atoms. The Morgan fingerprint density at radius 1 is 1.16 bits per heavy atom. The van der Waals surface area contributed by atoms with Crippen LogP contribution < -0.4 is 4.74 Å². The molecule has 1 aliphatic rings. The van der Waals surface area contributed by atoms with Gasteiger partial charge in [0, 0.05) is 47.3 Å². The summed E-state index contributed by atoms with van der Waals surface area (Å²) in [6.07, 6.45) is 1.93. The maximum Gasteiger partial charge on any atom is 0.240 e. The highest BCUT2D eigenvalue weighted by molar-refractivity contribution is 8.00. The van der Waals surface area contributed by atoms with Crippen molar-refractivity contribution in [1.82, 2.24) is 9.47 Å². The Balaban J connectivity index is 2.02. The number of carbonyl (C=O) groups is 1. The van der Waals surface area contributed by atoms with Gasteiger partial charge in [-0.05, 0) is 44.1 Å². The van der Waals surface area contributed by atoms with Crippen LogP contribution in [0.5, 0.6) is 5.75 Å². The van der Waals surface area contributed by atoms with E-state index in [1.807, 2.05) is 43.2 Å². The van der Waals surface area contributed by atoms with Gasteiger partial charge in [0.15, 0.2) is 0 Å². The second-order valence-electron chi connectivity index (χ2n) is 7.26. The molecule has 1 aromatic heterocycles. The standard InChI is InChI=1S/C24H28N2O3S2/c1-5-25(6-2)24(27)23-21-20-17(11-9-12-18(20)28-3)26(14-15-29-30-4)22(21)16-10-7-8-13-19(16)31-23/h7-13,23H,5-6,14-15H2,1-4H3. The third-order valence-corrected chi connectivity index (χ3v) is 7.46. The molecule has 0 N–H and O–H groups in total. The fourth-order valence-corrected chi connectivity index (χ4v) is 5.93. The average molecular weight is 457 g/mol. The quantitative estimate of drug-likeness (QED) is 0.325. The van der Waals surface area contributed by atoms with E-state index in [0.29, 0.717) is 26.2 Å². The SMILES string of the molecule is CCN(CC)C(=O)C1Sc2ccccc2-c2c1c1c(OC)cccc1n2CCOSC. The fraction of sp³-hybridized carbons (Fsp3) is 0.375. The van der Waals surface area contributed by atoms with Gasteiger partial charge in [-0.3, -0.25) is 4.79 Å². The molecule has 0 saturated heterocycles. The minimum Gasteiger partial charge on any atom is -0.496 e. The van der Waals surface area contributed by atoms with E-state index in [1.54, 1.807) is 18.9 Å². The van der Waals surface area contributed by atoms with Gasteiger partial charge in [0.1, 0.15) is 11.0 Å². The van der Waals surface area contributed by atoms with Crippen molar-refractivity contribution in [3.05, 3.63) is 48.0 Å². The molecule has 2 aromatic carbocycles. The fourth-order valence-electron chi connectivity index (χ4n) is 4.39. The first-order valence-corrected chi connectivity index (χ1v) is 12.6. The number of benzene rings is 2. The predicted octanol–water partition coefficient (Wildman–Crippen LogP) is 5.63. The molecule has 0 radical (unpaired) electrons. The van der Waals surface area contributed by atoms with Crippen LogP contribution in [0, 0.1) is 0 Å². The van der Waals surface area contributed by atoms with Crippen LogP contribution in [0.2, 0.25) is 0 Å². The van der Waals surface area contributed by atoms with Gasteiger partial charge >= 0.3 is 0 Å². The molecule has 0 aliphatic carbocycles. The molecule has 0 bridgehead atoms. The lowest BCUT2D eigenvalue weighted by molar-refractivity contribution is -0.130. The van der Waals surface area contributed by atoms with Crippen molar-refractivity contribution in [1.29, 1.82) is 0 Å². The lowest BCUT2D eigenvalue weighted by Gasteiger charge is -2.30. The molecule has 5 nitrogen and oxygen atoms in total. The monoisotopic (exact) mass is 456 g/mol. The van der Waals surface area contributed by atoms with Crippen molar-refractivity contribution in [2.45, 2.75) is 30.5 Å². The highest BCUT2D eigenvalue weighted by Gasteiger charge is 2.38. The van der Waals surface area contributed by atoms with Crippen LogP contribution in [0.3, 0.4) is 0 Å². The van der Waals surface area contributed by atoms with Gasteiger partial charge in [-0.2, -0.15) is 0 Å². The summed E-state index contributed by atoms with van der Waals surface area (Å²) in [6, 6.07) is 14.5. The van der Waals surface area contributed by atoms with Gasteiger partial charge in [-0.1, -0.05) is 24.3 Å². The van der Waals surface area contributed by atoms with E-state index in [4.69, 9.17) is 8.92 Å². The first kappa shape index (κ1) is 22.1. The van der Waals surface area contributed by atoms with E-state index >= 15 is 0 Å². The van der Waals surface area contributed by atoms with Crippen molar-refractivity contribution in [2.75, 3.05) is 33.1 Å². The summed E-state index contributed by atoms with van der Waals surface area (Å²) in [5.74, 6) is 0.951. The zero-order valence-corrected chi connectivity index (χ0v) is 20.0. The molecule has 1 amide bonds. The number of hydrogen-bond acceptors (Lipinski definition) is 5. The number of methoxy groups -OCH3 is 1. The molecule has 1 atom stereocenters. The van der Waals surface area contributed by atoms with Crippen molar-refractivity contribution < 1.29 is 13.7 Å². The van der Waals surface area contributed by atoms with Gasteiger partial charge in [0.2, 0.25) is 5.91 Å². The van der Waals surface area contributed by atoms with E-state index in [1.165, 1.54) is 12.0 Å². The topological polar surface area (TPSA) is 43.7 Å². The van der Waals surface area contributed by atoms with Gasteiger partial charge in [0.25, 0.3) is 0 Å². The van der Waals surface area contributed by atoms with E-state index in [2.05, 4.69) is 28.8 Å². The highest BCUT2D eigenvalue weighted by atomic mass is 32.2.